The third kappa shape index (κ3) is 6.90. The second kappa shape index (κ2) is 8.55. The summed E-state index contributed by atoms with van der Waals surface area (Å²) in [6, 6.07) is 0. The van der Waals surface area contributed by atoms with Gasteiger partial charge in [0.05, 0.1) is 17.3 Å². The molecule has 0 heterocycles. The smallest absolute Gasteiger partial charge is 0.317 e. The number of alkyl halides is 2. The van der Waals surface area contributed by atoms with Crippen molar-refractivity contribution >= 4 is 10.2 Å². The molecule has 0 atom stereocenters. The summed E-state index contributed by atoms with van der Waals surface area (Å²) in [7, 11) is -9.56. The van der Waals surface area contributed by atoms with Gasteiger partial charge in [-0.25, -0.2) is 0 Å². The lowest BCUT2D eigenvalue weighted by Crippen LogP contribution is -2.41. The Bertz CT molecular complexity index is 585. The molecule has 186 valence electrons. The zero-order valence-corrected chi connectivity index (χ0v) is 19.1. The van der Waals surface area contributed by atoms with Gasteiger partial charge in [0.15, 0.2) is 0 Å². The molecule has 0 saturated heterocycles. The number of hydrogen-bond donors (Lipinski definition) is 0. The summed E-state index contributed by atoms with van der Waals surface area (Å²) >= 11 is 0. The van der Waals surface area contributed by atoms with Gasteiger partial charge in [-0.3, -0.25) is 0 Å². The highest BCUT2D eigenvalue weighted by Gasteiger charge is 2.69. The van der Waals surface area contributed by atoms with Crippen molar-refractivity contribution in [2.45, 2.75) is 114 Å². The van der Waals surface area contributed by atoms with Crippen molar-refractivity contribution in [1.29, 1.82) is 0 Å². The average Bonchev–Trinajstić information content (AvgIpc) is 2.67. The molecule has 3 aliphatic carbocycles. The first-order chi connectivity index (χ1) is 14.2. The summed E-state index contributed by atoms with van der Waals surface area (Å²) in [5.74, 6) is 0.964. The van der Waals surface area contributed by atoms with Crippen LogP contribution in [0.4, 0.5) is 28.2 Å². The normalized spacial score (nSPS) is 38.3. The monoisotopic (exact) mass is 482 g/mol. The van der Waals surface area contributed by atoms with Gasteiger partial charge in [-0.2, -0.15) is 8.78 Å². The molecule has 0 aliphatic heterocycles. The highest BCUT2D eigenvalue weighted by atomic mass is 32.5. The number of rotatable bonds is 7. The molecular weight excluding hydrogens is 445 g/mol. The Morgan fingerprint density at radius 1 is 0.710 bits per heavy atom. The van der Waals surface area contributed by atoms with Crippen molar-refractivity contribution in [1.82, 2.24) is 0 Å². The van der Waals surface area contributed by atoms with Crippen LogP contribution in [0.3, 0.4) is 0 Å². The van der Waals surface area contributed by atoms with E-state index in [4.69, 9.17) is 4.74 Å². The molecule has 3 saturated carbocycles. The highest BCUT2D eigenvalue weighted by molar-refractivity contribution is 8.46. The Kier molecular flexibility index (Phi) is 7.02. The van der Waals surface area contributed by atoms with Crippen LogP contribution in [0, 0.1) is 23.7 Å². The van der Waals surface area contributed by atoms with Crippen molar-refractivity contribution in [2.75, 3.05) is 0 Å². The van der Waals surface area contributed by atoms with Gasteiger partial charge >= 0.3 is 6.11 Å². The number of ether oxygens (including phenoxy) is 1. The lowest BCUT2D eigenvalue weighted by atomic mass is 9.68. The molecule has 0 N–H and O–H groups in total. The van der Waals surface area contributed by atoms with E-state index in [9.17, 15) is 28.2 Å². The van der Waals surface area contributed by atoms with Gasteiger partial charge in [-0.15, -0.1) is 0 Å². The molecule has 3 rings (SSSR count). The molecule has 1 nitrogen and oxygen atoms in total. The van der Waals surface area contributed by atoms with E-state index in [1.165, 1.54) is 38.5 Å². The Labute approximate surface area is 181 Å². The van der Waals surface area contributed by atoms with Gasteiger partial charge in [0.2, 0.25) is 0 Å². The van der Waals surface area contributed by atoms with Gasteiger partial charge in [0.1, 0.15) is 0 Å². The SMILES string of the molecule is CCCC1CCC(C2CCC(C(F)(F)OC3CCC(S(F)(F)(F)(F)F)CC3)CC2)CC1. The highest BCUT2D eigenvalue weighted by Crippen LogP contribution is 3.01. The minimum atomic E-state index is -9.56. The average molecular weight is 483 g/mol. The standard InChI is InChI=1S/C22H37F7OS/c1-2-3-16-4-6-17(7-5-16)18-8-10-19(11-9-18)22(23,24)30-20-12-14-21(15-13-20)31(25,26,27,28)29/h16-21H,2-15H2,1H3. The molecule has 3 aliphatic rings. The quantitative estimate of drug-likeness (QED) is 0.328. The van der Waals surface area contributed by atoms with Gasteiger partial charge in [0, 0.05) is 0 Å². The van der Waals surface area contributed by atoms with Crippen molar-refractivity contribution < 1.29 is 32.9 Å². The van der Waals surface area contributed by atoms with Gasteiger partial charge in [-0.1, -0.05) is 52.0 Å². The molecule has 0 unspecified atom stereocenters. The molecule has 0 amide bonds. The first kappa shape index (κ1) is 25.4. The van der Waals surface area contributed by atoms with Crippen LogP contribution < -0.4 is 0 Å². The third-order valence-electron chi connectivity index (χ3n) is 8.08. The van der Waals surface area contributed by atoms with Crippen LogP contribution in [0.25, 0.3) is 0 Å². The van der Waals surface area contributed by atoms with Crippen molar-refractivity contribution in [3.8, 4) is 0 Å². The molecular formula is C22H37F7OS. The number of halogens is 7. The van der Waals surface area contributed by atoms with Crippen molar-refractivity contribution in [3.05, 3.63) is 0 Å². The fourth-order valence-electron chi connectivity index (χ4n) is 6.20. The maximum Gasteiger partial charge on any atom is 0.358 e. The maximum absolute atomic E-state index is 14.7. The molecule has 9 heteroatoms. The molecule has 31 heavy (non-hydrogen) atoms. The molecule has 0 aromatic rings. The first-order valence-electron chi connectivity index (χ1n) is 12.0. The summed E-state index contributed by atoms with van der Waals surface area (Å²) < 4.78 is 98.9. The lowest BCUT2D eigenvalue weighted by Gasteiger charge is -2.49. The van der Waals surface area contributed by atoms with Crippen LogP contribution in [0.15, 0.2) is 0 Å². The molecule has 3 fully saturated rings. The summed E-state index contributed by atoms with van der Waals surface area (Å²) in [6.07, 6.45) is 2.53. The Balaban J connectivity index is 1.43. The van der Waals surface area contributed by atoms with E-state index in [0.717, 1.165) is 18.8 Å². The molecule has 0 bridgehead atoms. The van der Waals surface area contributed by atoms with Crippen molar-refractivity contribution in [3.63, 3.8) is 0 Å². The van der Waals surface area contributed by atoms with Crippen LogP contribution in [0.1, 0.15) is 96.8 Å². The van der Waals surface area contributed by atoms with Gasteiger partial charge in [0.25, 0.3) is 10.2 Å². The second-order valence-corrected chi connectivity index (χ2v) is 13.0. The van der Waals surface area contributed by atoms with E-state index < -0.39 is 59.3 Å². The van der Waals surface area contributed by atoms with E-state index >= 15 is 0 Å². The summed E-state index contributed by atoms with van der Waals surface area (Å²) in [4.78, 5) is 0. The minimum absolute atomic E-state index is 0.355. The molecule has 0 aromatic heterocycles. The first-order valence-corrected chi connectivity index (χ1v) is 14.0. The van der Waals surface area contributed by atoms with E-state index in [-0.39, 0.29) is 0 Å². The van der Waals surface area contributed by atoms with Crippen LogP contribution in [-0.4, -0.2) is 17.5 Å². The largest absolute Gasteiger partial charge is 0.358 e. The second-order valence-electron chi connectivity index (χ2n) is 10.3. The fourth-order valence-corrected chi connectivity index (χ4v) is 7.36. The Morgan fingerprint density at radius 3 is 1.65 bits per heavy atom. The maximum atomic E-state index is 14.7. The third-order valence-corrected chi connectivity index (χ3v) is 9.81. The van der Waals surface area contributed by atoms with Crippen LogP contribution in [0.5, 0.6) is 0 Å². The predicted molar refractivity (Wildman–Crippen MR) is 111 cm³/mol. The Hall–Kier alpha value is -0.180. The topological polar surface area (TPSA) is 9.23 Å². The summed E-state index contributed by atoms with van der Waals surface area (Å²) in [5.41, 5.74) is 0. The van der Waals surface area contributed by atoms with Crippen LogP contribution in [0.2, 0.25) is 0 Å². The molecule has 0 aromatic carbocycles. The zero-order chi connectivity index (χ0) is 23.0. The van der Waals surface area contributed by atoms with E-state index in [0.29, 0.717) is 24.7 Å². The van der Waals surface area contributed by atoms with Crippen LogP contribution >= 0.6 is 10.2 Å². The zero-order valence-electron chi connectivity index (χ0n) is 18.3. The van der Waals surface area contributed by atoms with Crippen molar-refractivity contribution in [2.24, 2.45) is 23.7 Å². The molecule has 0 spiro atoms. The van der Waals surface area contributed by atoms with Gasteiger partial charge < -0.3 is 4.74 Å². The number of hydrogen-bond acceptors (Lipinski definition) is 1. The van der Waals surface area contributed by atoms with Crippen LogP contribution in [-0.2, 0) is 4.74 Å². The Morgan fingerprint density at radius 2 is 1.19 bits per heavy atom. The summed E-state index contributed by atoms with van der Waals surface area (Å²) in [6.45, 7) is 2.20. The van der Waals surface area contributed by atoms with Gasteiger partial charge in [-0.05, 0) is 82.0 Å². The minimum Gasteiger partial charge on any atom is -0.317 e. The van der Waals surface area contributed by atoms with E-state index in [1.54, 1.807) is 0 Å². The predicted octanol–water partition coefficient (Wildman–Crippen LogP) is 9.62. The van der Waals surface area contributed by atoms with E-state index in [2.05, 4.69) is 6.92 Å². The van der Waals surface area contributed by atoms with E-state index in [1.807, 2.05) is 0 Å². The fraction of sp³-hybridized carbons (Fsp3) is 1.00. The lowest BCUT2D eigenvalue weighted by molar-refractivity contribution is -0.301. The molecule has 0 radical (unpaired) electrons. The summed E-state index contributed by atoms with van der Waals surface area (Å²) in [5, 5.41) is -2.68.